The van der Waals surface area contributed by atoms with Crippen LogP contribution in [0.1, 0.15) is 115 Å². The number of aryl methyl sites for hydroxylation is 1. The maximum absolute atomic E-state index is 15.8. The summed E-state index contributed by atoms with van der Waals surface area (Å²) in [5.74, 6) is -7.66. The Morgan fingerprint density at radius 2 is 1.41 bits per heavy atom. The molecule has 1 atom stereocenters. The molecule has 1 unspecified atom stereocenters. The van der Waals surface area contributed by atoms with E-state index in [0.29, 0.717) is 37.7 Å². The maximum Gasteiger partial charge on any atom is 0.176 e. The molecule has 0 spiro atoms. The maximum atomic E-state index is 15.8. The number of hydrogen-bond acceptors (Lipinski definition) is 1. The third-order valence-corrected chi connectivity index (χ3v) is 9.74. The summed E-state index contributed by atoms with van der Waals surface area (Å²) in [7, 11) is 0. The lowest BCUT2D eigenvalue weighted by Crippen LogP contribution is -2.23. The van der Waals surface area contributed by atoms with Gasteiger partial charge in [0.15, 0.2) is 23.3 Å². The Hall–Kier alpha value is -3.34. The highest BCUT2D eigenvalue weighted by Crippen LogP contribution is 2.45. The van der Waals surface area contributed by atoms with Crippen molar-refractivity contribution < 1.29 is 30.7 Å². The van der Waals surface area contributed by atoms with Crippen molar-refractivity contribution in [1.29, 1.82) is 5.26 Å². The van der Waals surface area contributed by atoms with Gasteiger partial charge in [-0.25, -0.2) is 30.7 Å². The fourth-order valence-electron chi connectivity index (χ4n) is 7.22. The minimum atomic E-state index is -1.21. The van der Waals surface area contributed by atoms with Gasteiger partial charge >= 0.3 is 0 Å². The molecule has 1 saturated carbocycles. The third-order valence-electron chi connectivity index (χ3n) is 9.74. The Labute approximate surface area is 254 Å². The van der Waals surface area contributed by atoms with E-state index >= 15 is 13.2 Å². The molecule has 0 saturated heterocycles. The zero-order chi connectivity index (χ0) is 31.5. The van der Waals surface area contributed by atoms with Crippen LogP contribution in [0.25, 0.3) is 0 Å². The SMILES string of the molecule is CCCCCc1cc(F)c(CCC2CCc3c(F)c(C4CCC(c5ccc(C#N)c(F)c5F)CC4)c(F)c(F)c3C2)c(F)c1. The highest BCUT2D eigenvalue weighted by atomic mass is 19.2. The third kappa shape index (κ3) is 6.39. The quantitative estimate of drug-likeness (QED) is 0.134. The first-order chi connectivity index (χ1) is 21.1. The van der Waals surface area contributed by atoms with Crippen LogP contribution in [0.5, 0.6) is 0 Å². The monoisotopic (exact) mass is 615 g/mol. The average molecular weight is 616 g/mol. The van der Waals surface area contributed by atoms with Crippen molar-refractivity contribution in [3.63, 3.8) is 0 Å². The summed E-state index contributed by atoms with van der Waals surface area (Å²) in [4.78, 5) is 0. The summed E-state index contributed by atoms with van der Waals surface area (Å²) in [6.07, 6.45) is 5.93. The van der Waals surface area contributed by atoms with Crippen molar-refractivity contribution in [2.24, 2.45) is 5.92 Å². The van der Waals surface area contributed by atoms with E-state index < -0.39 is 46.6 Å². The molecule has 0 radical (unpaired) electrons. The van der Waals surface area contributed by atoms with Crippen molar-refractivity contribution in [2.75, 3.05) is 0 Å². The van der Waals surface area contributed by atoms with E-state index in [4.69, 9.17) is 5.26 Å². The van der Waals surface area contributed by atoms with Gasteiger partial charge in [-0.1, -0.05) is 25.8 Å². The van der Waals surface area contributed by atoms with Gasteiger partial charge in [0.25, 0.3) is 0 Å². The fourth-order valence-corrected chi connectivity index (χ4v) is 7.22. The highest BCUT2D eigenvalue weighted by molar-refractivity contribution is 5.41. The number of rotatable bonds is 9. The van der Waals surface area contributed by atoms with Gasteiger partial charge in [0.05, 0.1) is 5.56 Å². The van der Waals surface area contributed by atoms with Crippen LogP contribution in [-0.4, -0.2) is 0 Å². The number of unbranched alkanes of at least 4 members (excludes halogenated alkanes) is 2. The van der Waals surface area contributed by atoms with Crippen LogP contribution in [0.15, 0.2) is 24.3 Å². The second-order valence-electron chi connectivity index (χ2n) is 12.4. The largest absolute Gasteiger partial charge is 0.207 e. The zero-order valence-electron chi connectivity index (χ0n) is 24.8. The van der Waals surface area contributed by atoms with Crippen LogP contribution in [0.4, 0.5) is 30.7 Å². The zero-order valence-corrected chi connectivity index (χ0v) is 24.8. The predicted octanol–water partition coefficient (Wildman–Crippen LogP) is 10.4. The van der Waals surface area contributed by atoms with Crippen LogP contribution < -0.4 is 0 Å². The van der Waals surface area contributed by atoms with Crippen molar-refractivity contribution in [1.82, 2.24) is 0 Å². The molecule has 2 aliphatic carbocycles. The molecular weight excluding hydrogens is 579 g/mol. The molecule has 5 rings (SSSR count). The molecule has 44 heavy (non-hydrogen) atoms. The van der Waals surface area contributed by atoms with E-state index in [0.717, 1.165) is 19.3 Å². The van der Waals surface area contributed by atoms with Crippen LogP contribution in [0, 0.1) is 58.0 Å². The molecule has 0 N–H and O–H groups in total. The summed E-state index contributed by atoms with van der Waals surface area (Å²) in [6.45, 7) is 2.06. The van der Waals surface area contributed by atoms with Gasteiger partial charge < -0.3 is 0 Å². The summed E-state index contributed by atoms with van der Waals surface area (Å²) >= 11 is 0. The van der Waals surface area contributed by atoms with Crippen LogP contribution >= 0.6 is 0 Å². The van der Waals surface area contributed by atoms with E-state index in [1.165, 1.54) is 24.3 Å². The van der Waals surface area contributed by atoms with Crippen LogP contribution in [0.2, 0.25) is 0 Å². The Morgan fingerprint density at radius 3 is 2.07 bits per heavy atom. The lowest BCUT2D eigenvalue weighted by molar-refractivity contribution is 0.348. The number of nitriles is 1. The van der Waals surface area contributed by atoms with Crippen LogP contribution in [0.3, 0.4) is 0 Å². The van der Waals surface area contributed by atoms with Gasteiger partial charge in [-0.3, -0.25) is 0 Å². The van der Waals surface area contributed by atoms with Crippen LogP contribution in [-0.2, 0) is 25.7 Å². The van der Waals surface area contributed by atoms with E-state index in [1.807, 2.05) is 0 Å². The molecular formula is C36H36F7N. The molecule has 3 aromatic carbocycles. The number of halogens is 7. The molecule has 0 aromatic heterocycles. The Bertz CT molecular complexity index is 1540. The minimum Gasteiger partial charge on any atom is -0.207 e. The Kier molecular flexibility index (Phi) is 10.0. The standard InChI is InChI=1S/C36H36F7N/c1-2-3-4-5-21-17-29(37)27(30(38)18-21)14-7-20-6-13-26-28(16-20)35(42)36(43)31(33(26)40)23-10-8-22(9-11-23)25-15-12-24(19-44)32(39)34(25)41/h12,15,17-18,20,22-23H,2-11,13-14,16H2,1H3. The topological polar surface area (TPSA) is 23.8 Å². The molecule has 234 valence electrons. The summed E-state index contributed by atoms with van der Waals surface area (Å²) in [5.41, 5.74) is 0.224. The van der Waals surface area contributed by atoms with Gasteiger partial charge in [-0.15, -0.1) is 0 Å². The molecule has 0 amide bonds. The lowest BCUT2D eigenvalue weighted by atomic mass is 9.73. The highest BCUT2D eigenvalue weighted by Gasteiger charge is 2.35. The normalized spacial score (nSPS) is 19.9. The first-order valence-corrected chi connectivity index (χ1v) is 15.7. The number of benzene rings is 3. The molecule has 8 heteroatoms. The first kappa shape index (κ1) is 32.1. The van der Waals surface area contributed by atoms with Gasteiger partial charge in [0, 0.05) is 11.1 Å². The minimum absolute atomic E-state index is 0.00368. The number of nitrogens with zero attached hydrogens (tertiary/aromatic N) is 1. The van der Waals surface area contributed by atoms with Gasteiger partial charge in [-0.05, 0) is 129 Å². The van der Waals surface area contributed by atoms with E-state index in [2.05, 4.69) is 6.92 Å². The van der Waals surface area contributed by atoms with Crippen molar-refractivity contribution >= 4 is 0 Å². The lowest BCUT2D eigenvalue weighted by Gasteiger charge is -2.32. The summed E-state index contributed by atoms with van der Waals surface area (Å²) in [6, 6.07) is 6.96. The van der Waals surface area contributed by atoms with Crippen molar-refractivity contribution in [3.05, 3.63) is 104 Å². The first-order valence-electron chi connectivity index (χ1n) is 15.7. The van der Waals surface area contributed by atoms with Gasteiger partial charge in [0.1, 0.15) is 23.5 Å². The van der Waals surface area contributed by atoms with Gasteiger partial charge in [-0.2, -0.15) is 5.26 Å². The molecule has 0 bridgehead atoms. The number of fused-ring (bicyclic) bond motifs is 1. The van der Waals surface area contributed by atoms with Gasteiger partial charge in [0.2, 0.25) is 0 Å². The Balaban J connectivity index is 1.26. The Morgan fingerprint density at radius 1 is 0.727 bits per heavy atom. The van der Waals surface area contributed by atoms with Crippen molar-refractivity contribution in [2.45, 2.75) is 102 Å². The molecule has 1 nitrogen and oxygen atoms in total. The number of hydrogen-bond donors (Lipinski definition) is 0. The molecule has 2 aliphatic rings. The van der Waals surface area contributed by atoms with Crippen molar-refractivity contribution in [3.8, 4) is 6.07 Å². The molecule has 1 fully saturated rings. The second-order valence-corrected chi connectivity index (χ2v) is 12.4. The van der Waals surface area contributed by atoms with E-state index in [-0.39, 0.29) is 77.3 Å². The molecule has 0 heterocycles. The second kappa shape index (κ2) is 13.7. The summed E-state index contributed by atoms with van der Waals surface area (Å²) < 4.78 is 105. The smallest absolute Gasteiger partial charge is 0.176 e. The van der Waals surface area contributed by atoms with E-state index in [9.17, 15) is 17.6 Å². The molecule has 0 aliphatic heterocycles. The molecule has 3 aromatic rings. The average Bonchev–Trinajstić information content (AvgIpc) is 3.01. The summed E-state index contributed by atoms with van der Waals surface area (Å²) in [5, 5.41) is 8.92. The fraction of sp³-hybridized carbons (Fsp3) is 0.472. The van der Waals surface area contributed by atoms with E-state index in [1.54, 1.807) is 6.07 Å². The predicted molar refractivity (Wildman–Crippen MR) is 155 cm³/mol.